The van der Waals surface area contributed by atoms with Gasteiger partial charge in [-0.1, -0.05) is 39.0 Å². The first kappa shape index (κ1) is 14.8. The van der Waals surface area contributed by atoms with E-state index in [1.54, 1.807) is 4.73 Å². The van der Waals surface area contributed by atoms with Crippen LogP contribution in [-0.4, -0.2) is 13.2 Å². The van der Waals surface area contributed by atoms with E-state index in [-0.39, 0.29) is 0 Å². The number of hydrogen-bond donors (Lipinski definition) is 0. The molecule has 1 rings (SSSR count). The summed E-state index contributed by atoms with van der Waals surface area (Å²) in [5.74, 6) is 0.785. The molecule has 0 aliphatic heterocycles. The summed E-state index contributed by atoms with van der Waals surface area (Å²) in [6, 6.07) is 5.84. The molecule has 102 valence electrons. The van der Waals surface area contributed by atoms with Crippen molar-refractivity contribution in [1.29, 1.82) is 0 Å². The molecule has 0 aromatic carbocycles. The number of ether oxygens (including phenoxy) is 1. The molecule has 1 aromatic heterocycles. The van der Waals surface area contributed by atoms with Gasteiger partial charge in [0.25, 0.3) is 0 Å². The van der Waals surface area contributed by atoms with Crippen LogP contribution in [0.15, 0.2) is 24.4 Å². The molecule has 1 heterocycles. The fraction of sp³-hybridized carbons (Fsp3) is 0.667. The van der Waals surface area contributed by atoms with Gasteiger partial charge in [-0.3, -0.25) is 4.84 Å². The lowest BCUT2D eigenvalue weighted by molar-refractivity contribution is -0.892. The topological polar surface area (TPSA) is 22.3 Å². The minimum Gasteiger partial charge on any atom is -0.441 e. The third kappa shape index (κ3) is 5.89. The molecular formula is C15H26NO2+. The minimum absolute atomic E-state index is 0.641. The number of hydrogen-bond acceptors (Lipinski definition) is 2. The van der Waals surface area contributed by atoms with Crippen LogP contribution in [0.5, 0.6) is 5.88 Å². The summed E-state index contributed by atoms with van der Waals surface area (Å²) in [6.45, 7) is 5.62. The Morgan fingerprint density at radius 1 is 1.00 bits per heavy atom. The molecule has 0 aliphatic carbocycles. The Morgan fingerprint density at radius 3 is 2.56 bits per heavy atom. The molecule has 0 saturated carbocycles. The van der Waals surface area contributed by atoms with Crippen molar-refractivity contribution in [2.75, 3.05) is 13.2 Å². The van der Waals surface area contributed by atoms with E-state index in [0.717, 1.165) is 18.9 Å². The first-order chi connectivity index (χ1) is 8.88. The molecule has 3 nitrogen and oxygen atoms in total. The lowest BCUT2D eigenvalue weighted by Crippen LogP contribution is -2.43. The van der Waals surface area contributed by atoms with Crippen LogP contribution < -0.4 is 14.3 Å². The molecule has 3 heteroatoms. The highest BCUT2D eigenvalue weighted by Gasteiger charge is 2.11. The molecule has 0 unspecified atom stereocenters. The molecule has 1 aromatic rings. The van der Waals surface area contributed by atoms with Gasteiger partial charge in [-0.25, -0.2) is 0 Å². The Hall–Kier alpha value is -1.25. The zero-order chi connectivity index (χ0) is 13.1. The fourth-order valence-corrected chi connectivity index (χ4v) is 1.83. The molecule has 0 saturated heterocycles. The van der Waals surface area contributed by atoms with Crippen LogP contribution in [0.25, 0.3) is 0 Å². The Morgan fingerprint density at radius 2 is 1.78 bits per heavy atom. The second kappa shape index (κ2) is 9.75. The average Bonchev–Trinajstić information content (AvgIpc) is 2.40. The van der Waals surface area contributed by atoms with E-state index in [4.69, 9.17) is 9.57 Å². The van der Waals surface area contributed by atoms with Crippen molar-refractivity contribution >= 4 is 0 Å². The van der Waals surface area contributed by atoms with Crippen molar-refractivity contribution in [3.63, 3.8) is 0 Å². The summed E-state index contributed by atoms with van der Waals surface area (Å²) >= 11 is 0. The fourth-order valence-electron chi connectivity index (χ4n) is 1.83. The lowest BCUT2D eigenvalue weighted by Gasteiger charge is -2.04. The Bertz CT molecular complexity index is 315. The zero-order valence-electron chi connectivity index (χ0n) is 11.7. The van der Waals surface area contributed by atoms with Crippen molar-refractivity contribution in [1.82, 2.24) is 0 Å². The molecule has 0 N–H and O–H groups in total. The summed E-state index contributed by atoms with van der Waals surface area (Å²) in [7, 11) is 0. The van der Waals surface area contributed by atoms with Crippen LogP contribution in [-0.2, 0) is 0 Å². The van der Waals surface area contributed by atoms with Gasteiger partial charge in [0.15, 0.2) is 6.61 Å². The van der Waals surface area contributed by atoms with Gasteiger partial charge in [-0.15, -0.1) is 0 Å². The first-order valence-electron chi connectivity index (χ1n) is 7.15. The number of unbranched alkanes of at least 4 members (excludes halogenated alkanes) is 5. The second-order valence-electron chi connectivity index (χ2n) is 4.40. The predicted octanol–water partition coefficient (Wildman–Crippen LogP) is 3.16. The number of pyridine rings is 1. The van der Waals surface area contributed by atoms with Gasteiger partial charge in [0, 0.05) is 10.8 Å². The van der Waals surface area contributed by atoms with Crippen LogP contribution in [0.4, 0.5) is 0 Å². The van der Waals surface area contributed by atoms with Gasteiger partial charge < -0.3 is 4.74 Å². The van der Waals surface area contributed by atoms with E-state index in [1.807, 2.05) is 31.3 Å². The maximum atomic E-state index is 5.73. The van der Waals surface area contributed by atoms with E-state index in [1.165, 1.54) is 32.1 Å². The molecule has 18 heavy (non-hydrogen) atoms. The SMILES string of the molecule is CCCCCCCCOc1cccc[n+]1OCC. The summed E-state index contributed by atoms with van der Waals surface area (Å²) in [6.07, 6.45) is 9.56. The van der Waals surface area contributed by atoms with E-state index < -0.39 is 0 Å². The number of nitrogens with zero attached hydrogens (tertiary/aromatic N) is 1. The Kier molecular flexibility index (Phi) is 8.02. The average molecular weight is 252 g/mol. The number of rotatable bonds is 10. The highest BCUT2D eigenvalue weighted by atomic mass is 16.7. The van der Waals surface area contributed by atoms with Crippen LogP contribution in [0.2, 0.25) is 0 Å². The molecule has 0 radical (unpaired) electrons. The van der Waals surface area contributed by atoms with Gasteiger partial charge in [-0.2, -0.15) is 0 Å². The largest absolute Gasteiger partial charge is 0.441 e. The lowest BCUT2D eigenvalue weighted by atomic mass is 10.1. The molecule has 0 aliphatic rings. The van der Waals surface area contributed by atoms with Crippen LogP contribution in [0.1, 0.15) is 52.4 Å². The normalized spacial score (nSPS) is 10.3. The van der Waals surface area contributed by atoms with Gasteiger partial charge >= 0.3 is 5.88 Å². The minimum atomic E-state index is 0.641. The second-order valence-corrected chi connectivity index (χ2v) is 4.40. The first-order valence-corrected chi connectivity index (χ1v) is 7.15. The Labute approximate surface area is 111 Å². The van der Waals surface area contributed by atoms with Crippen molar-refractivity contribution in [2.24, 2.45) is 0 Å². The molecule has 0 bridgehead atoms. The van der Waals surface area contributed by atoms with Crippen molar-refractivity contribution in [2.45, 2.75) is 52.4 Å². The third-order valence-corrected chi connectivity index (χ3v) is 2.80. The maximum absolute atomic E-state index is 5.73. The summed E-state index contributed by atoms with van der Waals surface area (Å²) in [5, 5.41) is 0. The Balaban J connectivity index is 2.18. The molecule has 0 atom stereocenters. The highest BCUT2D eigenvalue weighted by molar-refractivity contribution is 5.01. The third-order valence-electron chi connectivity index (χ3n) is 2.80. The van der Waals surface area contributed by atoms with E-state index in [2.05, 4.69) is 6.92 Å². The van der Waals surface area contributed by atoms with Crippen LogP contribution in [0, 0.1) is 0 Å². The monoisotopic (exact) mass is 252 g/mol. The van der Waals surface area contributed by atoms with Crippen LogP contribution in [0.3, 0.4) is 0 Å². The van der Waals surface area contributed by atoms with Crippen molar-refractivity contribution in [3.8, 4) is 5.88 Å². The predicted molar refractivity (Wildman–Crippen MR) is 72.6 cm³/mol. The smallest absolute Gasteiger partial charge is 0.416 e. The van der Waals surface area contributed by atoms with E-state index in [0.29, 0.717) is 6.61 Å². The van der Waals surface area contributed by atoms with Gasteiger partial charge in [0.05, 0.1) is 12.7 Å². The van der Waals surface area contributed by atoms with Gasteiger partial charge in [0.2, 0.25) is 6.20 Å². The standard InChI is InChI=1S/C15H26NO2/c1-3-5-6-7-8-11-14-17-15-12-9-10-13-16(15)18-4-2/h9-10,12-13H,3-8,11,14H2,1-2H3/q+1. The molecule has 0 fully saturated rings. The van der Waals surface area contributed by atoms with E-state index in [9.17, 15) is 0 Å². The van der Waals surface area contributed by atoms with Crippen molar-refractivity contribution in [3.05, 3.63) is 24.4 Å². The summed E-state index contributed by atoms with van der Waals surface area (Å²) < 4.78 is 7.43. The van der Waals surface area contributed by atoms with Crippen molar-refractivity contribution < 1.29 is 14.3 Å². The maximum Gasteiger partial charge on any atom is 0.416 e. The summed E-state index contributed by atoms with van der Waals surface area (Å²) in [4.78, 5) is 5.44. The molecule has 0 amide bonds. The highest BCUT2D eigenvalue weighted by Crippen LogP contribution is 2.06. The zero-order valence-corrected chi connectivity index (χ0v) is 11.7. The molecule has 0 spiro atoms. The summed E-state index contributed by atoms with van der Waals surface area (Å²) in [5.41, 5.74) is 0. The number of aromatic nitrogens is 1. The van der Waals surface area contributed by atoms with Gasteiger partial charge in [-0.05, 0) is 19.4 Å². The quantitative estimate of drug-likeness (QED) is 0.471. The molecular weight excluding hydrogens is 226 g/mol. The van der Waals surface area contributed by atoms with Crippen LogP contribution >= 0.6 is 0 Å². The van der Waals surface area contributed by atoms with E-state index >= 15 is 0 Å². The van der Waals surface area contributed by atoms with Gasteiger partial charge in [0.1, 0.15) is 0 Å².